The van der Waals surface area contributed by atoms with Crippen LogP contribution in [0, 0.1) is 0 Å². The average molecular weight is 339 g/mol. The lowest BCUT2D eigenvalue weighted by atomic mass is 10.2. The molecule has 1 aliphatic carbocycles. The Bertz CT molecular complexity index is 559. The van der Waals surface area contributed by atoms with E-state index in [1.165, 1.54) is 12.8 Å². The van der Waals surface area contributed by atoms with E-state index in [1.807, 2.05) is 26.1 Å². The van der Waals surface area contributed by atoms with Gasteiger partial charge in [0.1, 0.15) is 0 Å². The van der Waals surface area contributed by atoms with E-state index in [1.54, 1.807) is 12.1 Å². The maximum absolute atomic E-state index is 12.2. The number of hydrogen-bond acceptors (Lipinski definition) is 2. The fourth-order valence-electron chi connectivity index (χ4n) is 2.78. The van der Waals surface area contributed by atoms with Crippen LogP contribution in [0.15, 0.2) is 24.3 Å². The summed E-state index contributed by atoms with van der Waals surface area (Å²) >= 11 is 6.03. The van der Waals surface area contributed by atoms with E-state index in [-0.39, 0.29) is 24.4 Å². The summed E-state index contributed by atoms with van der Waals surface area (Å²) in [6.07, 6.45) is 4.49. The largest absolute Gasteiger partial charge is 0.348 e. The van der Waals surface area contributed by atoms with Gasteiger partial charge in [-0.05, 0) is 31.9 Å². The van der Waals surface area contributed by atoms with Gasteiger partial charge in [0.05, 0.1) is 17.8 Å². The molecule has 3 N–H and O–H groups in total. The first-order chi connectivity index (χ1) is 11.0. The molecule has 1 fully saturated rings. The highest BCUT2D eigenvalue weighted by molar-refractivity contribution is 6.33. The lowest BCUT2D eigenvalue weighted by molar-refractivity contribution is -0.885. The number of benzene rings is 1. The molecule has 0 aliphatic heterocycles. The maximum atomic E-state index is 12.2. The van der Waals surface area contributed by atoms with Gasteiger partial charge < -0.3 is 15.5 Å². The van der Waals surface area contributed by atoms with Gasteiger partial charge in [-0.3, -0.25) is 9.59 Å². The Morgan fingerprint density at radius 2 is 1.96 bits per heavy atom. The summed E-state index contributed by atoms with van der Waals surface area (Å²) in [6.45, 7) is 2.06. The molecule has 0 heterocycles. The highest BCUT2D eigenvalue weighted by atomic mass is 35.5. The second-order valence-electron chi connectivity index (χ2n) is 6.26. The Morgan fingerprint density at radius 1 is 1.30 bits per heavy atom. The zero-order valence-electron chi connectivity index (χ0n) is 13.7. The number of anilines is 1. The van der Waals surface area contributed by atoms with Crippen LogP contribution in [0.5, 0.6) is 0 Å². The number of likely N-dealkylation sites (N-methyl/N-ethyl adjacent to an activating group) is 1. The van der Waals surface area contributed by atoms with E-state index < -0.39 is 0 Å². The molecule has 1 aliphatic rings. The van der Waals surface area contributed by atoms with Crippen molar-refractivity contribution in [1.29, 1.82) is 0 Å². The molecular weight excluding hydrogens is 314 g/mol. The Balaban J connectivity index is 1.82. The zero-order chi connectivity index (χ0) is 16.8. The second kappa shape index (κ2) is 8.31. The maximum Gasteiger partial charge on any atom is 0.279 e. The van der Waals surface area contributed by atoms with Crippen molar-refractivity contribution < 1.29 is 14.5 Å². The first-order valence-corrected chi connectivity index (χ1v) is 8.52. The Morgan fingerprint density at radius 3 is 2.61 bits per heavy atom. The molecule has 1 unspecified atom stereocenters. The number of nitrogens with one attached hydrogen (secondary N) is 3. The van der Waals surface area contributed by atoms with E-state index in [0.29, 0.717) is 16.8 Å². The monoisotopic (exact) mass is 338 g/mol. The van der Waals surface area contributed by atoms with E-state index in [0.717, 1.165) is 17.7 Å². The van der Waals surface area contributed by atoms with Crippen LogP contribution in [0.2, 0.25) is 5.02 Å². The van der Waals surface area contributed by atoms with Gasteiger partial charge in [0.15, 0.2) is 12.6 Å². The zero-order valence-corrected chi connectivity index (χ0v) is 14.5. The molecule has 1 aromatic rings. The lowest BCUT2D eigenvalue weighted by Gasteiger charge is -2.22. The SMILES string of the molecule is C[C@H](C(=O)NC1CCCC1)[NH+](C)CC(=O)Nc1ccccc1Cl. The number of carbonyl (C=O) groups excluding carboxylic acids is 2. The Hall–Kier alpha value is -1.59. The van der Waals surface area contributed by atoms with Crippen molar-refractivity contribution >= 4 is 29.1 Å². The quantitative estimate of drug-likeness (QED) is 0.731. The molecule has 0 radical (unpaired) electrons. The minimum absolute atomic E-state index is 0.0138. The van der Waals surface area contributed by atoms with Gasteiger partial charge >= 0.3 is 0 Å². The van der Waals surface area contributed by atoms with Gasteiger partial charge in [0.25, 0.3) is 11.8 Å². The Kier molecular flexibility index (Phi) is 6.42. The fourth-order valence-corrected chi connectivity index (χ4v) is 2.97. The second-order valence-corrected chi connectivity index (χ2v) is 6.67. The number of rotatable bonds is 6. The number of quaternary nitrogens is 1. The molecule has 23 heavy (non-hydrogen) atoms. The van der Waals surface area contributed by atoms with E-state index in [2.05, 4.69) is 10.6 Å². The van der Waals surface area contributed by atoms with Gasteiger partial charge in [-0.25, -0.2) is 0 Å². The fraction of sp³-hybridized carbons (Fsp3) is 0.529. The van der Waals surface area contributed by atoms with Crippen LogP contribution in [-0.4, -0.2) is 37.5 Å². The topological polar surface area (TPSA) is 62.6 Å². The molecule has 1 saturated carbocycles. The summed E-state index contributed by atoms with van der Waals surface area (Å²) in [7, 11) is 1.85. The highest BCUT2D eigenvalue weighted by Crippen LogP contribution is 2.20. The van der Waals surface area contributed by atoms with Crippen LogP contribution in [0.4, 0.5) is 5.69 Å². The molecule has 5 nitrogen and oxygen atoms in total. The molecule has 6 heteroatoms. The van der Waals surface area contributed by atoms with Gasteiger partial charge in [0.2, 0.25) is 0 Å². The van der Waals surface area contributed by atoms with Crippen LogP contribution >= 0.6 is 11.6 Å². The number of carbonyl (C=O) groups is 2. The Labute approximate surface area is 142 Å². The molecule has 0 spiro atoms. The third-order valence-corrected chi connectivity index (χ3v) is 4.75. The van der Waals surface area contributed by atoms with Crippen molar-refractivity contribution in [2.24, 2.45) is 0 Å². The number of amides is 2. The van der Waals surface area contributed by atoms with Crippen LogP contribution in [0.25, 0.3) is 0 Å². The standard InChI is InChI=1S/C17H24ClN3O2/c1-12(17(23)19-13-7-3-4-8-13)21(2)11-16(22)20-15-10-6-5-9-14(15)18/h5-6,9-10,12-13H,3-4,7-8,11H2,1-2H3,(H,19,23)(H,20,22)/p+1/t12-/m1/s1. The summed E-state index contributed by atoms with van der Waals surface area (Å²) in [5.74, 6) is -0.143. The van der Waals surface area contributed by atoms with E-state index in [4.69, 9.17) is 11.6 Å². The smallest absolute Gasteiger partial charge is 0.279 e. The third kappa shape index (κ3) is 5.22. The molecule has 2 atom stereocenters. The normalized spacial score (nSPS) is 17.5. The van der Waals surface area contributed by atoms with Gasteiger partial charge in [-0.15, -0.1) is 0 Å². The average Bonchev–Trinajstić information content (AvgIpc) is 3.01. The van der Waals surface area contributed by atoms with Crippen LogP contribution in [0.3, 0.4) is 0 Å². The number of para-hydroxylation sites is 1. The van der Waals surface area contributed by atoms with Crippen molar-refractivity contribution in [3.05, 3.63) is 29.3 Å². The minimum atomic E-state index is -0.271. The molecule has 0 bridgehead atoms. The summed E-state index contributed by atoms with van der Waals surface area (Å²) in [4.78, 5) is 25.2. The van der Waals surface area contributed by atoms with E-state index in [9.17, 15) is 9.59 Å². The summed E-state index contributed by atoms with van der Waals surface area (Å²) in [5, 5.41) is 6.37. The predicted octanol–water partition coefficient (Wildman–Crippen LogP) is 1.24. The molecule has 2 rings (SSSR count). The van der Waals surface area contributed by atoms with Crippen LogP contribution < -0.4 is 15.5 Å². The van der Waals surface area contributed by atoms with Crippen molar-refractivity contribution in [3.8, 4) is 0 Å². The third-order valence-electron chi connectivity index (χ3n) is 4.42. The summed E-state index contributed by atoms with van der Waals surface area (Å²) < 4.78 is 0. The van der Waals surface area contributed by atoms with Gasteiger partial charge in [0, 0.05) is 6.04 Å². The van der Waals surface area contributed by atoms with Crippen LogP contribution in [-0.2, 0) is 9.59 Å². The van der Waals surface area contributed by atoms with Crippen LogP contribution in [0.1, 0.15) is 32.6 Å². The van der Waals surface area contributed by atoms with E-state index >= 15 is 0 Å². The van der Waals surface area contributed by atoms with Crippen molar-refractivity contribution in [2.75, 3.05) is 18.9 Å². The van der Waals surface area contributed by atoms with Crippen molar-refractivity contribution in [1.82, 2.24) is 5.32 Å². The summed E-state index contributed by atoms with van der Waals surface area (Å²) in [5.41, 5.74) is 0.593. The molecule has 0 aromatic heterocycles. The molecule has 2 amide bonds. The van der Waals surface area contributed by atoms with Gasteiger partial charge in [-0.1, -0.05) is 36.6 Å². The van der Waals surface area contributed by atoms with Crippen molar-refractivity contribution in [2.45, 2.75) is 44.7 Å². The molecule has 126 valence electrons. The first kappa shape index (κ1) is 17.8. The minimum Gasteiger partial charge on any atom is -0.348 e. The molecular formula is C17H25ClN3O2+. The predicted molar refractivity (Wildman–Crippen MR) is 91.7 cm³/mol. The summed E-state index contributed by atoms with van der Waals surface area (Å²) in [6, 6.07) is 7.14. The first-order valence-electron chi connectivity index (χ1n) is 8.14. The number of halogens is 1. The van der Waals surface area contributed by atoms with Gasteiger partial charge in [-0.2, -0.15) is 0 Å². The highest BCUT2D eigenvalue weighted by Gasteiger charge is 2.27. The number of hydrogen-bond donors (Lipinski definition) is 3. The molecule has 1 aromatic carbocycles. The molecule has 0 saturated heterocycles. The lowest BCUT2D eigenvalue weighted by Crippen LogP contribution is -3.15. The van der Waals surface area contributed by atoms with Crippen molar-refractivity contribution in [3.63, 3.8) is 0 Å².